The largest absolute Gasteiger partial charge is 0.480 e. The molecule has 1 aromatic heterocycles. The highest BCUT2D eigenvalue weighted by Crippen LogP contribution is 2.34. The van der Waals surface area contributed by atoms with Crippen molar-refractivity contribution < 1.29 is 9.90 Å². The highest BCUT2D eigenvalue weighted by Gasteiger charge is 2.49. The molecule has 0 radical (unpaired) electrons. The van der Waals surface area contributed by atoms with Crippen LogP contribution < -0.4 is 0 Å². The number of nitrogens with one attached hydrogen (secondary N) is 1. The molecule has 1 aliphatic rings. The number of H-pyrrole nitrogens is 1. The van der Waals surface area contributed by atoms with Crippen molar-refractivity contribution in [3.63, 3.8) is 0 Å². The highest BCUT2D eigenvalue weighted by atomic mass is 16.4. The molecule has 1 atom stereocenters. The number of aromatic amines is 1. The Hall–Kier alpha value is -1.50. The Balaban J connectivity index is 2.43. The van der Waals surface area contributed by atoms with Gasteiger partial charge in [-0.2, -0.15) is 5.21 Å². The van der Waals surface area contributed by atoms with E-state index in [0.717, 1.165) is 19.4 Å². The zero-order valence-corrected chi connectivity index (χ0v) is 8.47. The molecule has 0 saturated carbocycles. The molecule has 1 unspecified atom stereocenters. The van der Waals surface area contributed by atoms with Gasteiger partial charge >= 0.3 is 5.97 Å². The first kappa shape index (κ1) is 10.0. The van der Waals surface area contributed by atoms with Crippen LogP contribution in [0.5, 0.6) is 0 Å². The lowest BCUT2D eigenvalue weighted by Gasteiger charge is -2.39. The third kappa shape index (κ3) is 1.39. The zero-order valence-electron chi connectivity index (χ0n) is 8.47. The smallest absolute Gasteiger partial charge is 0.332 e. The molecule has 0 aromatic carbocycles. The van der Waals surface area contributed by atoms with Crippen LogP contribution in [0, 0.1) is 0 Å². The summed E-state index contributed by atoms with van der Waals surface area (Å²) in [6, 6.07) is 0. The van der Waals surface area contributed by atoms with Gasteiger partial charge in [0, 0.05) is 0 Å². The number of piperidine rings is 1. The number of nitrogens with zero attached hydrogens (tertiary/aromatic N) is 4. The number of carboxylic acid groups (broad SMARTS) is 1. The van der Waals surface area contributed by atoms with Crippen LogP contribution in [0.2, 0.25) is 0 Å². The van der Waals surface area contributed by atoms with E-state index in [9.17, 15) is 9.90 Å². The Bertz CT molecular complexity index is 352. The van der Waals surface area contributed by atoms with Gasteiger partial charge in [0.25, 0.3) is 0 Å². The number of aliphatic carboxylic acids is 1. The molecule has 1 aromatic rings. The molecule has 2 rings (SSSR count). The molecule has 0 bridgehead atoms. The molecule has 7 nitrogen and oxygen atoms in total. The van der Waals surface area contributed by atoms with Crippen LogP contribution in [0.3, 0.4) is 0 Å². The van der Waals surface area contributed by atoms with Crippen molar-refractivity contribution in [3.05, 3.63) is 5.82 Å². The maximum Gasteiger partial charge on any atom is 0.332 e. The van der Waals surface area contributed by atoms with Gasteiger partial charge in [-0.3, -0.25) is 4.90 Å². The van der Waals surface area contributed by atoms with Gasteiger partial charge in [-0.05, 0) is 32.9 Å². The predicted molar refractivity (Wildman–Crippen MR) is 50.0 cm³/mol. The summed E-state index contributed by atoms with van der Waals surface area (Å²) in [5.41, 5.74) is -1.11. The summed E-state index contributed by atoms with van der Waals surface area (Å²) in [4.78, 5) is 13.2. The first-order chi connectivity index (χ1) is 7.18. The number of likely N-dealkylation sites (N-methyl/N-ethyl adjacent to an activating group) is 1. The summed E-state index contributed by atoms with van der Waals surface area (Å²) < 4.78 is 0. The van der Waals surface area contributed by atoms with E-state index in [1.54, 1.807) is 11.9 Å². The number of carbonyl (C=O) groups is 1. The van der Waals surface area contributed by atoms with E-state index >= 15 is 0 Å². The van der Waals surface area contributed by atoms with Gasteiger partial charge in [0.05, 0.1) is 0 Å². The summed E-state index contributed by atoms with van der Waals surface area (Å²) in [5.74, 6) is -0.664. The quantitative estimate of drug-likeness (QED) is 0.690. The van der Waals surface area contributed by atoms with Gasteiger partial charge in [-0.25, -0.2) is 4.79 Å². The third-order valence-corrected chi connectivity index (χ3v) is 3.00. The third-order valence-electron chi connectivity index (χ3n) is 3.00. The maximum atomic E-state index is 11.4. The van der Waals surface area contributed by atoms with Crippen LogP contribution in [-0.4, -0.2) is 50.2 Å². The fraction of sp³-hybridized carbons (Fsp3) is 0.750. The molecule has 1 aliphatic heterocycles. The van der Waals surface area contributed by atoms with Crippen molar-refractivity contribution >= 4 is 5.97 Å². The van der Waals surface area contributed by atoms with Gasteiger partial charge in [0.15, 0.2) is 5.54 Å². The lowest BCUT2D eigenvalue weighted by molar-refractivity contribution is -0.154. The molecular formula is C8H13N5O2. The fourth-order valence-corrected chi connectivity index (χ4v) is 2.10. The molecule has 1 saturated heterocycles. The summed E-state index contributed by atoms with van der Waals surface area (Å²) in [7, 11) is 1.78. The summed E-state index contributed by atoms with van der Waals surface area (Å²) in [6.07, 6.45) is 2.40. The highest BCUT2D eigenvalue weighted by molar-refractivity contribution is 5.79. The molecule has 1 fully saturated rings. The average molecular weight is 211 g/mol. The SMILES string of the molecule is CN1CCCCC1(C(=O)O)c1nn[nH]n1. The Morgan fingerprint density at radius 3 is 2.93 bits per heavy atom. The lowest BCUT2D eigenvalue weighted by atomic mass is 9.86. The minimum atomic E-state index is -1.11. The van der Waals surface area contributed by atoms with E-state index in [4.69, 9.17) is 0 Å². The summed E-state index contributed by atoms with van der Waals surface area (Å²) in [6.45, 7) is 0.737. The fourth-order valence-electron chi connectivity index (χ4n) is 2.10. The number of aromatic nitrogens is 4. The predicted octanol–water partition coefficient (Wildman–Crippen LogP) is -0.405. The number of hydrogen-bond acceptors (Lipinski definition) is 5. The second-order valence-corrected chi connectivity index (χ2v) is 3.78. The number of rotatable bonds is 2. The van der Waals surface area contributed by atoms with E-state index < -0.39 is 11.5 Å². The average Bonchev–Trinajstić information content (AvgIpc) is 2.71. The lowest BCUT2D eigenvalue weighted by Crippen LogP contribution is -2.53. The van der Waals surface area contributed by atoms with E-state index in [1.807, 2.05) is 0 Å². The number of tetrazole rings is 1. The van der Waals surface area contributed by atoms with Gasteiger partial charge in [-0.15, -0.1) is 10.2 Å². The van der Waals surface area contributed by atoms with Gasteiger partial charge in [0.1, 0.15) is 0 Å². The van der Waals surface area contributed by atoms with Crippen LogP contribution in [0.15, 0.2) is 0 Å². The first-order valence-corrected chi connectivity index (χ1v) is 4.86. The molecule has 0 aliphatic carbocycles. The minimum Gasteiger partial charge on any atom is -0.480 e. The second kappa shape index (κ2) is 3.58. The van der Waals surface area contributed by atoms with Crippen LogP contribution in [0.1, 0.15) is 25.1 Å². The van der Waals surface area contributed by atoms with E-state index in [2.05, 4.69) is 20.6 Å². The van der Waals surface area contributed by atoms with Crippen molar-refractivity contribution in [2.45, 2.75) is 24.8 Å². The Morgan fingerprint density at radius 1 is 1.60 bits per heavy atom. The Kier molecular flexibility index (Phi) is 2.39. The summed E-state index contributed by atoms with van der Waals surface area (Å²) in [5, 5.41) is 22.7. The standard InChI is InChI=1S/C8H13N5O2/c1-13-5-3-2-4-8(13,7(14)15)6-9-11-12-10-6/h2-5H2,1H3,(H,14,15)(H,9,10,11,12). The van der Waals surface area contributed by atoms with Crippen molar-refractivity contribution in [2.75, 3.05) is 13.6 Å². The molecular weight excluding hydrogens is 198 g/mol. The van der Waals surface area contributed by atoms with Crippen molar-refractivity contribution in [1.82, 2.24) is 25.5 Å². The first-order valence-electron chi connectivity index (χ1n) is 4.86. The number of hydrogen-bond donors (Lipinski definition) is 2. The molecule has 7 heteroatoms. The number of carboxylic acids is 1. The van der Waals surface area contributed by atoms with E-state index in [1.165, 1.54) is 0 Å². The van der Waals surface area contributed by atoms with Crippen molar-refractivity contribution in [2.24, 2.45) is 0 Å². The minimum absolute atomic E-state index is 0.247. The Morgan fingerprint density at radius 2 is 2.40 bits per heavy atom. The maximum absolute atomic E-state index is 11.4. The van der Waals surface area contributed by atoms with Gasteiger partial charge in [0.2, 0.25) is 5.82 Å². The normalized spacial score (nSPS) is 27.8. The van der Waals surface area contributed by atoms with Gasteiger partial charge < -0.3 is 5.11 Å². The second-order valence-electron chi connectivity index (χ2n) is 3.78. The molecule has 82 valence electrons. The van der Waals surface area contributed by atoms with E-state index in [-0.39, 0.29) is 5.82 Å². The van der Waals surface area contributed by atoms with Crippen molar-refractivity contribution in [1.29, 1.82) is 0 Å². The van der Waals surface area contributed by atoms with Crippen molar-refractivity contribution in [3.8, 4) is 0 Å². The molecule has 0 amide bonds. The van der Waals surface area contributed by atoms with Crippen LogP contribution in [-0.2, 0) is 10.3 Å². The molecule has 0 spiro atoms. The zero-order chi connectivity index (χ0) is 10.9. The monoisotopic (exact) mass is 211 g/mol. The molecule has 2 heterocycles. The molecule has 15 heavy (non-hydrogen) atoms. The van der Waals surface area contributed by atoms with Crippen LogP contribution in [0.4, 0.5) is 0 Å². The van der Waals surface area contributed by atoms with E-state index in [0.29, 0.717) is 6.42 Å². The number of likely N-dealkylation sites (tertiary alicyclic amines) is 1. The molecule has 2 N–H and O–H groups in total. The van der Waals surface area contributed by atoms with Crippen LogP contribution >= 0.6 is 0 Å². The summed E-state index contributed by atoms with van der Waals surface area (Å²) >= 11 is 0. The van der Waals surface area contributed by atoms with Crippen LogP contribution in [0.25, 0.3) is 0 Å². The topological polar surface area (TPSA) is 95.0 Å². The Labute approximate surface area is 86.5 Å². The van der Waals surface area contributed by atoms with Gasteiger partial charge in [-0.1, -0.05) is 5.21 Å².